The zero-order chi connectivity index (χ0) is 15.0. The minimum absolute atomic E-state index is 0. The molecule has 0 bridgehead atoms. The molecule has 0 aliphatic rings. The predicted molar refractivity (Wildman–Crippen MR) is 100 cm³/mol. The minimum atomic E-state index is 0. The summed E-state index contributed by atoms with van der Waals surface area (Å²) < 4.78 is 5.69. The van der Waals surface area contributed by atoms with Gasteiger partial charge in [-0.25, -0.2) is 4.99 Å². The number of guanidine groups is 1. The number of ether oxygens (including phenoxy) is 1. The summed E-state index contributed by atoms with van der Waals surface area (Å²) in [6.45, 7) is 11.9. The summed E-state index contributed by atoms with van der Waals surface area (Å²) in [5.74, 6) is 1.82. The number of nitrogens with two attached hydrogens (primary N) is 1. The van der Waals surface area contributed by atoms with E-state index in [4.69, 9.17) is 10.5 Å². The average Bonchev–Trinajstić information content (AvgIpc) is 2.41. The Labute approximate surface area is 144 Å². The third-order valence-electron chi connectivity index (χ3n) is 2.49. The molecule has 118 valence electrons. The summed E-state index contributed by atoms with van der Waals surface area (Å²) >= 11 is 0. The van der Waals surface area contributed by atoms with Gasteiger partial charge in [0.25, 0.3) is 0 Å². The fourth-order valence-corrected chi connectivity index (χ4v) is 1.47. The number of aliphatic imine (C=N–C) groups is 1. The molecular weight excluding hydrogens is 377 g/mol. The van der Waals surface area contributed by atoms with E-state index in [-0.39, 0.29) is 24.0 Å². The van der Waals surface area contributed by atoms with Gasteiger partial charge in [-0.15, -0.1) is 24.0 Å². The Hall–Kier alpha value is -1.24. The maximum absolute atomic E-state index is 5.77. The Morgan fingerprint density at radius 1 is 1.43 bits per heavy atom. The van der Waals surface area contributed by atoms with Crippen LogP contribution in [0.15, 0.2) is 41.4 Å². The molecule has 0 aliphatic carbocycles. The van der Waals surface area contributed by atoms with Crippen molar-refractivity contribution in [3.05, 3.63) is 42.0 Å². The third kappa shape index (κ3) is 9.33. The molecular formula is C16H26IN3O. The Bertz CT molecular complexity index is 472. The van der Waals surface area contributed by atoms with Crippen molar-refractivity contribution in [2.75, 3.05) is 13.2 Å². The standard InChI is InChI=1S/C16H25N3O.HI/c1-12(2)9-18-16(17)19-10-14-6-5-7-15(8-14)20-11-13(3)4;/h5-8,13H,1,9-11H2,2-4H3,(H3,17,18,19);1H. The van der Waals surface area contributed by atoms with Crippen LogP contribution in [0.2, 0.25) is 0 Å². The Kier molecular flexibility index (Phi) is 9.86. The van der Waals surface area contributed by atoms with Crippen molar-refractivity contribution in [1.82, 2.24) is 5.32 Å². The second kappa shape index (κ2) is 10.5. The summed E-state index contributed by atoms with van der Waals surface area (Å²) in [5.41, 5.74) is 7.87. The molecule has 0 fully saturated rings. The SMILES string of the molecule is C=C(C)CNC(N)=NCc1cccc(OCC(C)C)c1.I. The van der Waals surface area contributed by atoms with E-state index in [1.165, 1.54) is 0 Å². The Morgan fingerprint density at radius 3 is 2.76 bits per heavy atom. The molecule has 0 spiro atoms. The lowest BCUT2D eigenvalue weighted by Gasteiger charge is -2.09. The Morgan fingerprint density at radius 2 is 2.14 bits per heavy atom. The van der Waals surface area contributed by atoms with Gasteiger partial charge in [0.05, 0.1) is 13.2 Å². The minimum Gasteiger partial charge on any atom is -0.493 e. The van der Waals surface area contributed by atoms with E-state index in [9.17, 15) is 0 Å². The highest BCUT2D eigenvalue weighted by atomic mass is 127. The molecule has 0 atom stereocenters. The van der Waals surface area contributed by atoms with Gasteiger partial charge < -0.3 is 15.8 Å². The maximum atomic E-state index is 5.77. The van der Waals surface area contributed by atoms with Crippen LogP contribution in [0.1, 0.15) is 26.3 Å². The van der Waals surface area contributed by atoms with Crippen molar-refractivity contribution >= 4 is 29.9 Å². The first-order valence-corrected chi connectivity index (χ1v) is 6.87. The second-order valence-electron chi connectivity index (χ2n) is 5.36. The van der Waals surface area contributed by atoms with Gasteiger partial charge >= 0.3 is 0 Å². The van der Waals surface area contributed by atoms with Crippen LogP contribution in [-0.4, -0.2) is 19.1 Å². The van der Waals surface area contributed by atoms with Crippen molar-refractivity contribution in [1.29, 1.82) is 0 Å². The molecule has 0 unspecified atom stereocenters. The number of rotatable bonds is 7. The van der Waals surface area contributed by atoms with E-state index in [0.29, 0.717) is 25.0 Å². The van der Waals surface area contributed by atoms with Gasteiger partial charge in [0.15, 0.2) is 5.96 Å². The molecule has 21 heavy (non-hydrogen) atoms. The molecule has 0 radical (unpaired) electrons. The molecule has 0 saturated heterocycles. The molecule has 4 nitrogen and oxygen atoms in total. The lowest BCUT2D eigenvalue weighted by atomic mass is 10.2. The lowest BCUT2D eigenvalue weighted by Crippen LogP contribution is -2.32. The van der Waals surface area contributed by atoms with Crippen LogP contribution in [0.5, 0.6) is 5.75 Å². The lowest BCUT2D eigenvalue weighted by molar-refractivity contribution is 0.271. The van der Waals surface area contributed by atoms with E-state index >= 15 is 0 Å². The number of hydrogen-bond acceptors (Lipinski definition) is 2. The summed E-state index contributed by atoms with van der Waals surface area (Å²) in [4.78, 5) is 4.29. The summed E-state index contributed by atoms with van der Waals surface area (Å²) in [5, 5.41) is 3.00. The Balaban J connectivity index is 0.00000400. The van der Waals surface area contributed by atoms with Gasteiger partial charge in [-0.3, -0.25) is 0 Å². The second-order valence-corrected chi connectivity index (χ2v) is 5.36. The topological polar surface area (TPSA) is 59.6 Å². The molecule has 1 aromatic carbocycles. The van der Waals surface area contributed by atoms with Crippen LogP contribution in [-0.2, 0) is 6.54 Å². The highest BCUT2D eigenvalue weighted by molar-refractivity contribution is 14.0. The zero-order valence-corrected chi connectivity index (χ0v) is 15.4. The fraction of sp³-hybridized carbons (Fsp3) is 0.438. The van der Waals surface area contributed by atoms with Crippen molar-refractivity contribution in [3.63, 3.8) is 0 Å². The van der Waals surface area contributed by atoms with E-state index in [1.54, 1.807) is 0 Å². The van der Waals surface area contributed by atoms with E-state index in [1.807, 2.05) is 31.2 Å². The molecule has 0 aliphatic heterocycles. The van der Waals surface area contributed by atoms with Gasteiger partial charge in [0.1, 0.15) is 5.75 Å². The van der Waals surface area contributed by atoms with Gasteiger partial charge in [-0.05, 0) is 30.5 Å². The first-order chi connectivity index (χ1) is 9.47. The summed E-state index contributed by atoms with van der Waals surface area (Å²) in [6, 6.07) is 7.94. The van der Waals surface area contributed by atoms with Crippen molar-refractivity contribution in [3.8, 4) is 5.75 Å². The van der Waals surface area contributed by atoms with Crippen molar-refractivity contribution < 1.29 is 4.74 Å². The number of benzene rings is 1. The summed E-state index contributed by atoms with van der Waals surface area (Å²) in [7, 11) is 0. The van der Waals surface area contributed by atoms with E-state index in [0.717, 1.165) is 23.5 Å². The monoisotopic (exact) mass is 403 g/mol. The smallest absolute Gasteiger partial charge is 0.189 e. The van der Waals surface area contributed by atoms with Crippen molar-refractivity contribution in [2.45, 2.75) is 27.3 Å². The first-order valence-electron chi connectivity index (χ1n) is 6.87. The van der Waals surface area contributed by atoms with Gasteiger partial charge in [-0.2, -0.15) is 0 Å². The molecule has 0 heterocycles. The molecule has 5 heteroatoms. The fourth-order valence-electron chi connectivity index (χ4n) is 1.47. The van der Waals surface area contributed by atoms with E-state index in [2.05, 4.69) is 30.7 Å². The van der Waals surface area contributed by atoms with Crippen LogP contribution in [0.25, 0.3) is 0 Å². The highest BCUT2D eigenvalue weighted by Crippen LogP contribution is 2.14. The highest BCUT2D eigenvalue weighted by Gasteiger charge is 1.99. The zero-order valence-electron chi connectivity index (χ0n) is 13.1. The number of nitrogens with one attached hydrogen (secondary N) is 1. The number of hydrogen-bond donors (Lipinski definition) is 2. The van der Waals surface area contributed by atoms with E-state index < -0.39 is 0 Å². The molecule has 1 rings (SSSR count). The molecule has 0 saturated carbocycles. The van der Waals surface area contributed by atoms with Gasteiger partial charge in [-0.1, -0.05) is 38.1 Å². The van der Waals surface area contributed by atoms with Crippen LogP contribution >= 0.6 is 24.0 Å². The molecule has 3 N–H and O–H groups in total. The quantitative estimate of drug-likeness (QED) is 0.318. The van der Waals surface area contributed by atoms with Crippen LogP contribution in [0, 0.1) is 5.92 Å². The van der Waals surface area contributed by atoms with Crippen LogP contribution in [0.3, 0.4) is 0 Å². The van der Waals surface area contributed by atoms with Gasteiger partial charge in [0.2, 0.25) is 0 Å². The summed E-state index contributed by atoms with van der Waals surface area (Å²) in [6.07, 6.45) is 0. The number of halogens is 1. The molecule has 0 amide bonds. The van der Waals surface area contributed by atoms with Gasteiger partial charge in [0, 0.05) is 6.54 Å². The average molecular weight is 403 g/mol. The van der Waals surface area contributed by atoms with Crippen LogP contribution < -0.4 is 15.8 Å². The first kappa shape index (κ1) is 19.8. The molecule has 1 aromatic rings. The number of nitrogens with zero attached hydrogens (tertiary/aromatic N) is 1. The normalized spacial score (nSPS) is 11.0. The third-order valence-corrected chi connectivity index (χ3v) is 2.49. The predicted octanol–water partition coefficient (Wildman–Crippen LogP) is 3.32. The maximum Gasteiger partial charge on any atom is 0.189 e. The largest absolute Gasteiger partial charge is 0.493 e. The molecule has 0 aromatic heterocycles. The van der Waals surface area contributed by atoms with Crippen molar-refractivity contribution in [2.24, 2.45) is 16.6 Å². The van der Waals surface area contributed by atoms with Crippen LogP contribution in [0.4, 0.5) is 0 Å².